The maximum Gasteiger partial charge on any atom is 0.252 e. The lowest BCUT2D eigenvalue weighted by Gasteiger charge is -2.38. The minimum absolute atomic E-state index is 0.180. The molecule has 1 aromatic heterocycles. The molecule has 0 spiro atoms. The van der Waals surface area contributed by atoms with Gasteiger partial charge < -0.3 is 19.9 Å². The average Bonchev–Trinajstić information content (AvgIpc) is 2.64. The Hall–Kier alpha value is -2.18. The SMILES string of the molecule is COCCC1(NC(=O)c2cc(=O)n(C)c3ccccc23)CCNCC1. The fourth-order valence-corrected chi connectivity index (χ4v) is 3.55. The number of carbonyl (C=O) groups is 1. The predicted molar refractivity (Wildman–Crippen MR) is 98.0 cm³/mol. The summed E-state index contributed by atoms with van der Waals surface area (Å²) in [4.78, 5) is 25.3. The molecule has 1 aliphatic heterocycles. The molecule has 1 fully saturated rings. The lowest BCUT2D eigenvalue weighted by atomic mass is 9.85. The number of pyridine rings is 1. The number of ether oxygens (including phenoxy) is 1. The van der Waals surface area contributed by atoms with Crippen LogP contribution in [0.4, 0.5) is 0 Å². The van der Waals surface area contributed by atoms with E-state index in [-0.39, 0.29) is 17.0 Å². The van der Waals surface area contributed by atoms with Crippen molar-refractivity contribution in [2.24, 2.45) is 7.05 Å². The van der Waals surface area contributed by atoms with E-state index in [1.165, 1.54) is 6.07 Å². The molecule has 1 aromatic carbocycles. The zero-order valence-electron chi connectivity index (χ0n) is 14.8. The molecule has 2 N–H and O–H groups in total. The van der Waals surface area contributed by atoms with Crippen LogP contribution >= 0.6 is 0 Å². The van der Waals surface area contributed by atoms with Crippen LogP contribution in [0.1, 0.15) is 29.6 Å². The van der Waals surface area contributed by atoms with E-state index in [0.717, 1.165) is 43.3 Å². The van der Waals surface area contributed by atoms with Gasteiger partial charge in [0.25, 0.3) is 11.5 Å². The molecule has 2 heterocycles. The molecule has 0 aliphatic carbocycles. The summed E-state index contributed by atoms with van der Waals surface area (Å²) in [5, 5.41) is 7.33. The van der Waals surface area contributed by atoms with Gasteiger partial charge in [0, 0.05) is 37.8 Å². The fraction of sp³-hybridized carbons (Fsp3) is 0.474. The molecule has 6 heteroatoms. The summed E-state index contributed by atoms with van der Waals surface area (Å²) in [6.07, 6.45) is 2.47. The van der Waals surface area contributed by atoms with Crippen molar-refractivity contribution >= 4 is 16.8 Å². The molecule has 1 aliphatic rings. The molecule has 0 bridgehead atoms. The number of fused-ring (bicyclic) bond motifs is 1. The first-order valence-corrected chi connectivity index (χ1v) is 8.67. The highest BCUT2D eigenvalue weighted by atomic mass is 16.5. The Labute approximate surface area is 147 Å². The minimum atomic E-state index is -0.291. The summed E-state index contributed by atoms with van der Waals surface area (Å²) < 4.78 is 6.80. The fourth-order valence-electron chi connectivity index (χ4n) is 3.55. The third-order valence-corrected chi connectivity index (χ3v) is 5.12. The standard InChI is InChI=1S/C19H25N3O3/c1-22-16-6-4-3-5-14(16)15(13-17(22)23)18(24)21-19(9-12-25-2)7-10-20-11-8-19/h3-6,13,20H,7-12H2,1-2H3,(H,21,24). The second-order valence-corrected chi connectivity index (χ2v) is 6.70. The summed E-state index contributed by atoms with van der Waals surface area (Å²) in [7, 11) is 3.39. The van der Waals surface area contributed by atoms with Crippen LogP contribution in [-0.4, -0.2) is 42.8 Å². The Balaban J connectivity index is 1.96. The lowest BCUT2D eigenvalue weighted by molar-refractivity contribution is 0.0821. The number of nitrogens with zero attached hydrogens (tertiary/aromatic N) is 1. The van der Waals surface area contributed by atoms with E-state index in [2.05, 4.69) is 10.6 Å². The summed E-state index contributed by atoms with van der Waals surface area (Å²) in [6.45, 7) is 2.32. The van der Waals surface area contributed by atoms with Crippen LogP contribution in [0.25, 0.3) is 10.9 Å². The Morgan fingerprint density at radius 3 is 2.76 bits per heavy atom. The van der Waals surface area contributed by atoms with E-state index >= 15 is 0 Å². The molecule has 0 saturated carbocycles. The van der Waals surface area contributed by atoms with Crippen LogP contribution in [0.15, 0.2) is 35.1 Å². The molecule has 0 unspecified atom stereocenters. The van der Waals surface area contributed by atoms with Gasteiger partial charge in [0.2, 0.25) is 0 Å². The van der Waals surface area contributed by atoms with E-state index in [1.54, 1.807) is 18.7 Å². The third-order valence-electron chi connectivity index (χ3n) is 5.12. The number of methoxy groups -OCH3 is 1. The summed E-state index contributed by atoms with van der Waals surface area (Å²) in [6, 6.07) is 8.93. The molecule has 6 nitrogen and oxygen atoms in total. The number of aryl methyl sites for hydroxylation is 1. The van der Waals surface area contributed by atoms with Gasteiger partial charge in [-0.05, 0) is 38.4 Å². The number of amides is 1. The van der Waals surface area contributed by atoms with Crippen LogP contribution in [0, 0.1) is 0 Å². The van der Waals surface area contributed by atoms with Crippen molar-refractivity contribution in [2.75, 3.05) is 26.8 Å². The van der Waals surface area contributed by atoms with Crippen molar-refractivity contribution in [1.82, 2.24) is 15.2 Å². The molecule has 25 heavy (non-hydrogen) atoms. The van der Waals surface area contributed by atoms with Gasteiger partial charge in [0.1, 0.15) is 0 Å². The number of aromatic nitrogens is 1. The van der Waals surface area contributed by atoms with Crippen molar-refractivity contribution in [3.8, 4) is 0 Å². The second-order valence-electron chi connectivity index (χ2n) is 6.70. The predicted octanol–water partition coefficient (Wildman–Crippen LogP) is 1.43. The highest BCUT2D eigenvalue weighted by molar-refractivity contribution is 6.06. The van der Waals surface area contributed by atoms with Crippen molar-refractivity contribution in [1.29, 1.82) is 0 Å². The summed E-state index contributed by atoms with van der Waals surface area (Å²) in [5.74, 6) is -0.188. The largest absolute Gasteiger partial charge is 0.385 e. The van der Waals surface area contributed by atoms with E-state index < -0.39 is 0 Å². The monoisotopic (exact) mass is 343 g/mol. The highest BCUT2D eigenvalue weighted by Crippen LogP contribution is 2.24. The number of para-hydroxylation sites is 1. The van der Waals surface area contributed by atoms with Crippen LogP contribution in [0.2, 0.25) is 0 Å². The van der Waals surface area contributed by atoms with Gasteiger partial charge in [-0.15, -0.1) is 0 Å². The van der Waals surface area contributed by atoms with Crippen LogP contribution in [-0.2, 0) is 11.8 Å². The van der Waals surface area contributed by atoms with Crippen LogP contribution < -0.4 is 16.2 Å². The molecular formula is C19H25N3O3. The zero-order chi connectivity index (χ0) is 17.9. The van der Waals surface area contributed by atoms with E-state index in [4.69, 9.17) is 4.74 Å². The topological polar surface area (TPSA) is 72.4 Å². The van der Waals surface area contributed by atoms with Gasteiger partial charge in [0.05, 0.1) is 11.1 Å². The Morgan fingerprint density at radius 1 is 1.32 bits per heavy atom. The van der Waals surface area contributed by atoms with Crippen molar-refractivity contribution in [3.05, 3.63) is 46.2 Å². The van der Waals surface area contributed by atoms with E-state index in [0.29, 0.717) is 12.2 Å². The minimum Gasteiger partial charge on any atom is -0.385 e. The Kier molecular flexibility index (Phi) is 5.20. The van der Waals surface area contributed by atoms with Crippen molar-refractivity contribution in [3.63, 3.8) is 0 Å². The van der Waals surface area contributed by atoms with E-state index in [1.807, 2.05) is 24.3 Å². The third kappa shape index (κ3) is 3.60. The molecule has 0 radical (unpaired) electrons. The number of benzene rings is 1. The number of piperidine rings is 1. The Morgan fingerprint density at radius 2 is 2.04 bits per heavy atom. The molecule has 1 amide bonds. The van der Waals surface area contributed by atoms with Crippen molar-refractivity contribution in [2.45, 2.75) is 24.8 Å². The van der Waals surface area contributed by atoms with Gasteiger partial charge in [-0.3, -0.25) is 9.59 Å². The number of hydrogen-bond acceptors (Lipinski definition) is 4. The molecular weight excluding hydrogens is 318 g/mol. The Bertz CT molecular complexity index is 822. The molecule has 1 saturated heterocycles. The van der Waals surface area contributed by atoms with Gasteiger partial charge in [-0.25, -0.2) is 0 Å². The van der Waals surface area contributed by atoms with Gasteiger partial charge >= 0.3 is 0 Å². The average molecular weight is 343 g/mol. The number of carbonyl (C=O) groups excluding carboxylic acids is 1. The lowest BCUT2D eigenvalue weighted by Crippen LogP contribution is -2.55. The first kappa shape index (κ1) is 17.6. The smallest absolute Gasteiger partial charge is 0.252 e. The first-order chi connectivity index (χ1) is 12.1. The highest BCUT2D eigenvalue weighted by Gasteiger charge is 2.34. The first-order valence-electron chi connectivity index (χ1n) is 8.67. The van der Waals surface area contributed by atoms with Crippen LogP contribution in [0.3, 0.4) is 0 Å². The molecule has 0 atom stereocenters. The number of rotatable bonds is 5. The summed E-state index contributed by atoms with van der Waals surface area (Å²) >= 11 is 0. The van der Waals surface area contributed by atoms with Gasteiger partial charge in [-0.2, -0.15) is 0 Å². The summed E-state index contributed by atoms with van der Waals surface area (Å²) in [5.41, 5.74) is 0.728. The molecule has 3 rings (SSSR count). The van der Waals surface area contributed by atoms with Gasteiger partial charge in [0.15, 0.2) is 0 Å². The normalized spacial score (nSPS) is 16.7. The molecule has 2 aromatic rings. The maximum absolute atomic E-state index is 13.0. The van der Waals surface area contributed by atoms with Gasteiger partial charge in [-0.1, -0.05) is 18.2 Å². The number of hydrogen-bond donors (Lipinski definition) is 2. The zero-order valence-corrected chi connectivity index (χ0v) is 14.8. The number of nitrogens with one attached hydrogen (secondary N) is 2. The van der Waals surface area contributed by atoms with Crippen molar-refractivity contribution < 1.29 is 9.53 Å². The second kappa shape index (κ2) is 7.37. The maximum atomic E-state index is 13.0. The molecule has 134 valence electrons. The quantitative estimate of drug-likeness (QED) is 0.861. The van der Waals surface area contributed by atoms with E-state index in [9.17, 15) is 9.59 Å². The van der Waals surface area contributed by atoms with Crippen LogP contribution in [0.5, 0.6) is 0 Å².